The Kier molecular flexibility index (Phi) is 5.28. The summed E-state index contributed by atoms with van der Waals surface area (Å²) in [6.45, 7) is 0. The largest absolute Gasteiger partial charge is 0.493 e. The maximum Gasteiger partial charge on any atom is 0.340 e. The van der Waals surface area contributed by atoms with Crippen molar-refractivity contribution in [2.24, 2.45) is 11.8 Å². The third kappa shape index (κ3) is 3.27. The van der Waals surface area contributed by atoms with Crippen LogP contribution in [0.5, 0.6) is 11.5 Å². The Morgan fingerprint density at radius 2 is 1.62 bits per heavy atom. The first-order valence-electron chi connectivity index (χ1n) is 7.30. The summed E-state index contributed by atoms with van der Waals surface area (Å²) in [6, 6.07) is 2.84. The second kappa shape index (κ2) is 7.20. The highest BCUT2D eigenvalue weighted by Crippen LogP contribution is 2.37. The van der Waals surface area contributed by atoms with E-state index in [1.807, 2.05) is 0 Å². The van der Waals surface area contributed by atoms with Crippen molar-refractivity contribution in [3.8, 4) is 11.5 Å². The topological polar surface area (TPSA) is 111 Å². The number of aliphatic carboxylic acids is 1. The van der Waals surface area contributed by atoms with Crippen LogP contribution in [0.1, 0.15) is 23.2 Å². The SMILES string of the molecule is COC(=O)c1cc(OC)c(OC)cc1NC(=O)[C@H]1CC[C@@H]1C(=O)O. The van der Waals surface area contributed by atoms with Crippen molar-refractivity contribution < 1.29 is 33.7 Å². The van der Waals surface area contributed by atoms with Gasteiger partial charge in [-0.05, 0) is 12.8 Å². The molecule has 24 heavy (non-hydrogen) atoms. The summed E-state index contributed by atoms with van der Waals surface area (Å²) in [7, 11) is 4.06. The van der Waals surface area contributed by atoms with Crippen LogP contribution in [0.3, 0.4) is 0 Å². The molecule has 1 aliphatic rings. The van der Waals surface area contributed by atoms with Gasteiger partial charge in [-0.25, -0.2) is 4.79 Å². The molecule has 0 saturated heterocycles. The molecule has 1 amide bonds. The van der Waals surface area contributed by atoms with Crippen molar-refractivity contribution in [3.63, 3.8) is 0 Å². The monoisotopic (exact) mass is 337 g/mol. The number of rotatable bonds is 6. The molecule has 0 radical (unpaired) electrons. The minimum absolute atomic E-state index is 0.0923. The lowest BCUT2D eigenvalue weighted by atomic mass is 9.73. The van der Waals surface area contributed by atoms with E-state index in [1.165, 1.54) is 33.5 Å². The first kappa shape index (κ1) is 17.6. The number of hydrogen-bond donors (Lipinski definition) is 2. The summed E-state index contributed by atoms with van der Waals surface area (Å²) in [6.07, 6.45) is 0.951. The molecular formula is C16H19NO7. The van der Waals surface area contributed by atoms with Gasteiger partial charge in [0.05, 0.1) is 44.4 Å². The van der Waals surface area contributed by atoms with E-state index in [0.717, 1.165) is 0 Å². The highest BCUT2D eigenvalue weighted by atomic mass is 16.5. The van der Waals surface area contributed by atoms with Gasteiger partial charge in [0, 0.05) is 12.1 Å². The highest BCUT2D eigenvalue weighted by Gasteiger charge is 2.41. The van der Waals surface area contributed by atoms with Crippen molar-refractivity contribution in [1.82, 2.24) is 0 Å². The molecule has 0 spiro atoms. The average molecular weight is 337 g/mol. The summed E-state index contributed by atoms with van der Waals surface area (Å²) in [4.78, 5) is 35.3. The number of nitrogens with one attached hydrogen (secondary N) is 1. The number of methoxy groups -OCH3 is 3. The number of esters is 1. The van der Waals surface area contributed by atoms with Crippen LogP contribution in [0.4, 0.5) is 5.69 Å². The lowest BCUT2D eigenvalue weighted by Gasteiger charge is -2.32. The number of anilines is 1. The van der Waals surface area contributed by atoms with Crippen molar-refractivity contribution in [2.75, 3.05) is 26.6 Å². The Morgan fingerprint density at radius 1 is 1.04 bits per heavy atom. The Morgan fingerprint density at radius 3 is 2.08 bits per heavy atom. The molecule has 0 unspecified atom stereocenters. The summed E-state index contributed by atoms with van der Waals surface area (Å²) in [5, 5.41) is 11.7. The molecule has 8 nitrogen and oxygen atoms in total. The fourth-order valence-electron chi connectivity index (χ4n) is 2.60. The fourth-order valence-corrected chi connectivity index (χ4v) is 2.60. The van der Waals surface area contributed by atoms with E-state index in [0.29, 0.717) is 24.3 Å². The third-order valence-electron chi connectivity index (χ3n) is 4.12. The second-order valence-electron chi connectivity index (χ2n) is 5.36. The number of benzene rings is 1. The molecule has 2 atom stereocenters. The van der Waals surface area contributed by atoms with Crippen LogP contribution >= 0.6 is 0 Å². The summed E-state index contributed by atoms with van der Waals surface area (Å²) < 4.78 is 15.0. The number of carbonyl (C=O) groups excluding carboxylic acids is 2. The molecule has 1 aromatic rings. The molecule has 2 rings (SSSR count). The number of hydrogen-bond acceptors (Lipinski definition) is 6. The molecule has 0 bridgehead atoms. The zero-order valence-corrected chi connectivity index (χ0v) is 13.6. The van der Waals surface area contributed by atoms with E-state index in [2.05, 4.69) is 5.32 Å². The van der Waals surface area contributed by atoms with Gasteiger partial charge in [0.25, 0.3) is 0 Å². The van der Waals surface area contributed by atoms with Crippen LogP contribution in [-0.4, -0.2) is 44.3 Å². The van der Waals surface area contributed by atoms with Gasteiger partial charge >= 0.3 is 11.9 Å². The average Bonchev–Trinajstić information content (AvgIpc) is 2.51. The predicted molar refractivity (Wildman–Crippen MR) is 83.4 cm³/mol. The lowest BCUT2D eigenvalue weighted by molar-refractivity contribution is -0.151. The molecule has 1 aromatic carbocycles. The van der Waals surface area contributed by atoms with Crippen molar-refractivity contribution in [2.45, 2.75) is 12.8 Å². The van der Waals surface area contributed by atoms with E-state index in [-0.39, 0.29) is 11.3 Å². The van der Waals surface area contributed by atoms with Crippen LogP contribution in [0.15, 0.2) is 12.1 Å². The third-order valence-corrected chi connectivity index (χ3v) is 4.12. The Balaban J connectivity index is 2.32. The Bertz CT molecular complexity index is 671. The van der Waals surface area contributed by atoms with Gasteiger partial charge in [-0.3, -0.25) is 9.59 Å². The first-order chi connectivity index (χ1) is 11.4. The normalized spacial score (nSPS) is 19.0. The summed E-state index contributed by atoms with van der Waals surface area (Å²) in [5.74, 6) is -2.80. The zero-order chi connectivity index (χ0) is 17.9. The second-order valence-corrected chi connectivity index (χ2v) is 5.36. The van der Waals surface area contributed by atoms with Crippen molar-refractivity contribution in [1.29, 1.82) is 0 Å². The van der Waals surface area contributed by atoms with E-state index in [9.17, 15) is 14.4 Å². The molecule has 130 valence electrons. The Labute approximate surface area is 138 Å². The summed E-state index contributed by atoms with van der Waals surface area (Å²) >= 11 is 0. The minimum Gasteiger partial charge on any atom is -0.493 e. The maximum absolute atomic E-state index is 12.3. The van der Waals surface area contributed by atoms with Gasteiger partial charge in [0.15, 0.2) is 11.5 Å². The molecule has 0 heterocycles. The molecule has 1 fully saturated rings. The number of carbonyl (C=O) groups is 3. The standard InChI is InChI=1S/C16H19NO7/c1-22-12-6-10(16(21)24-3)11(7-13(12)23-2)17-14(18)8-4-5-9(8)15(19)20/h6-9H,4-5H2,1-3H3,(H,17,18)(H,19,20)/t8-,9-/m0/s1. The zero-order valence-electron chi connectivity index (χ0n) is 13.6. The van der Waals surface area contributed by atoms with Crippen LogP contribution < -0.4 is 14.8 Å². The minimum atomic E-state index is -0.998. The number of carboxylic acid groups (broad SMARTS) is 1. The highest BCUT2D eigenvalue weighted by molar-refractivity contribution is 6.03. The molecule has 2 N–H and O–H groups in total. The van der Waals surface area contributed by atoms with Gasteiger partial charge in [-0.2, -0.15) is 0 Å². The van der Waals surface area contributed by atoms with Gasteiger partial charge in [0.2, 0.25) is 5.91 Å². The van der Waals surface area contributed by atoms with Gasteiger partial charge in [-0.15, -0.1) is 0 Å². The van der Waals surface area contributed by atoms with E-state index >= 15 is 0 Å². The first-order valence-corrected chi connectivity index (χ1v) is 7.30. The molecule has 1 aliphatic carbocycles. The van der Waals surface area contributed by atoms with Gasteiger partial charge < -0.3 is 24.6 Å². The lowest BCUT2D eigenvalue weighted by Crippen LogP contribution is -2.41. The van der Waals surface area contributed by atoms with Crippen LogP contribution in [0.25, 0.3) is 0 Å². The van der Waals surface area contributed by atoms with E-state index in [1.54, 1.807) is 0 Å². The molecule has 1 saturated carbocycles. The number of carboxylic acids is 1. The van der Waals surface area contributed by atoms with E-state index < -0.39 is 29.7 Å². The van der Waals surface area contributed by atoms with Crippen LogP contribution in [0.2, 0.25) is 0 Å². The molecule has 8 heteroatoms. The van der Waals surface area contributed by atoms with E-state index in [4.69, 9.17) is 19.3 Å². The fraction of sp³-hybridized carbons (Fsp3) is 0.438. The number of ether oxygens (including phenoxy) is 3. The maximum atomic E-state index is 12.3. The van der Waals surface area contributed by atoms with Crippen LogP contribution in [0, 0.1) is 11.8 Å². The van der Waals surface area contributed by atoms with Crippen molar-refractivity contribution in [3.05, 3.63) is 17.7 Å². The van der Waals surface area contributed by atoms with Crippen LogP contribution in [-0.2, 0) is 14.3 Å². The van der Waals surface area contributed by atoms with Gasteiger partial charge in [0.1, 0.15) is 0 Å². The summed E-state index contributed by atoms with van der Waals surface area (Å²) in [5.41, 5.74) is 0.273. The Hall–Kier alpha value is -2.77. The predicted octanol–water partition coefficient (Wildman–Crippen LogP) is 1.54. The molecular weight excluding hydrogens is 318 g/mol. The number of amides is 1. The van der Waals surface area contributed by atoms with Crippen molar-refractivity contribution >= 4 is 23.5 Å². The quantitative estimate of drug-likeness (QED) is 0.757. The molecule has 0 aromatic heterocycles. The molecule has 0 aliphatic heterocycles. The smallest absolute Gasteiger partial charge is 0.340 e. The van der Waals surface area contributed by atoms with Gasteiger partial charge in [-0.1, -0.05) is 0 Å².